The lowest BCUT2D eigenvalue weighted by Crippen LogP contribution is -2.06. The molecule has 0 radical (unpaired) electrons. The first-order chi connectivity index (χ1) is 11.4. The molecular formula is C20H30N2O2. The molecule has 1 aromatic heterocycles. The van der Waals surface area contributed by atoms with Gasteiger partial charge in [0.15, 0.2) is 0 Å². The van der Waals surface area contributed by atoms with Crippen molar-refractivity contribution >= 4 is 16.9 Å². The maximum Gasteiger partial charge on any atom is 0.337 e. The van der Waals surface area contributed by atoms with E-state index in [1.807, 2.05) is 6.07 Å². The third kappa shape index (κ3) is 3.48. The third-order valence-corrected chi connectivity index (χ3v) is 4.83. The highest BCUT2D eigenvalue weighted by molar-refractivity contribution is 6.04. The van der Waals surface area contributed by atoms with Crippen LogP contribution in [0.1, 0.15) is 73.1 Å². The number of hydrogen-bond donors (Lipinski definition) is 2. The molecule has 1 aromatic carbocycles. The smallest absolute Gasteiger partial charge is 0.337 e. The molecule has 0 aliphatic carbocycles. The zero-order valence-electron chi connectivity index (χ0n) is 15.4. The van der Waals surface area contributed by atoms with Crippen molar-refractivity contribution in [2.24, 2.45) is 5.73 Å². The molecule has 1 heterocycles. The molecule has 0 saturated heterocycles. The molecule has 0 spiro atoms. The first-order valence-electron chi connectivity index (χ1n) is 9.01. The van der Waals surface area contributed by atoms with Crippen molar-refractivity contribution in [3.63, 3.8) is 0 Å². The van der Waals surface area contributed by atoms with Crippen LogP contribution in [-0.4, -0.2) is 22.2 Å². The van der Waals surface area contributed by atoms with Gasteiger partial charge in [0.1, 0.15) is 0 Å². The quantitative estimate of drug-likeness (QED) is 0.750. The number of fused-ring (bicyclic) bond motifs is 1. The maximum absolute atomic E-state index is 11.9. The molecule has 2 aromatic rings. The van der Waals surface area contributed by atoms with Gasteiger partial charge in [0, 0.05) is 17.6 Å². The minimum Gasteiger partial charge on any atom is -0.478 e. The van der Waals surface area contributed by atoms with Crippen LogP contribution in [0.25, 0.3) is 10.9 Å². The first-order valence-corrected chi connectivity index (χ1v) is 9.01. The van der Waals surface area contributed by atoms with Gasteiger partial charge < -0.3 is 15.4 Å². The molecule has 0 amide bonds. The summed E-state index contributed by atoms with van der Waals surface area (Å²) in [6.45, 7) is 9.99. The van der Waals surface area contributed by atoms with Crippen LogP contribution in [0.4, 0.5) is 0 Å². The molecule has 0 bridgehead atoms. The molecule has 0 aliphatic heterocycles. The average Bonchev–Trinajstić information content (AvgIpc) is 2.81. The summed E-state index contributed by atoms with van der Waals surface area (Å²) >= 11 is 0. The van der Waals surface area contributed by atoms with Crippen molar-refractivity contribution in [3.05, 3.63) is 34.5 Å². The Hall–Kier alpha value is -1.81. The van der Waals surface area contributed by atoms with Crippen molar-refractivity contribution in [1.29, 1.82) is 0 Å². The lowest BCUT2D eigenvalue weighted by molar-refractivity contribution is 0.0698. The van der Waals surface area contributed by atoms with Crippen LogP contribution in [0.15, 0.2) is 12.1 Å². The Bertz CT molecular complexity index is 729. The number of carboxylic acid groups (broad SMARTS) is 1. The Balaban J connectivity index is 2.79. The fourth-order valence-electron chi connectivity index (χ4n) is 3.39. The Morgan fingerprint density at radius 3 is 2.54 bits per heavy atom. The molecule has 132 valence electrons. The summed E-state index contributed by atoms with van der Waals surface area (Å²) in [5, 5.41) is 10.9. The Labute approximate surface area is 144 Å². The van der Waals surface area contributed by atoms with Gasteiger partial charge in [0.2, 0.25) is 0 Å². The zero-order chi connectivity index (χ0) is 17.9. The number of aromatic carboxylic acids is 1. The summed E-state index contributed by atoms with van der Waals surface area (Å²) in [5.74, 6) is -0.544. The standard InChI is InChI=1S/C20H30N2O2/c1-5-6-10-22-14(4)16(8-7-9-21)17-11-15(13(2)3)12-18(19(17)22)20(23)24/h11-13H,5-10,21H2,1-4H3,(H,23,24). The van der Waals surface area contributed by atoms with E-state index >= 15 is 0 Å². The Kier molecular flexibility index (Phi) is 6.05. The summed E-state index contributed by atoms with van der Waals surface area (Å²) in [6, 6.07) is 4.04. The number of carboxylic acids is 1. The van der Waals surface area contributed by atoms with Gasteiger partial charge >= 0.3 is 5.97 Å². The molecular weight excluding hydrogens is 300 g/mol. The third-order valence-electron chi connectivity index (χ3n) is 4.83. The molecule has 4 nitrogen and oxygen atoms in total. The van der Waals surface area contributed by atoms with Crippen molar-refractivity contribution in [3.8, 4) is 0 Å². The Morgan fingerprint density at radius 2 is 2.00 bits per heavy atom. The minimum absolute atomic E-state index is 0.300. The van der Waals surface area contributed by atoms with E-state index in [1.54, 1.807) is 0 Å². The van der Waals surface area contributed by atoms with Gasteiger partial charge in [-0.05, 0) is 61.9 Å². The van der Waals surface area contributed by atoms with E-state index in [9.17, 15) is 9.90 Å². The van der Waals surface area contributed by atoms with Crippen molar-refractivity contribution in [2.75, 3.05) is 6.54 Å². The monoisotopic (exact) mass is 330 g/mol. The maximum atomic E-state index is 11.9. The highest BCUT2D eigenvalue weighted by Crippen LogP contribution is 2.33. The van der Waals surface area contributed by atoms with Gasteiger partial charge in [0.05, 0.1) is 11.1 Å². The number of rotatable bonds is 8. The molecule has 2 rings (SSSR count). The number of nitrogens with zero attached hydrogens (tertiary/aromatic N) is 1. The highest BCUT2D eigenvalue weighted by Gasteiger charge is 2.21. The van der Waals surface area contributed by atoms with Crippen LogP contribution in [0, 0.1) is 6.92 Å². The SMILES string of the molecule is CCCCn1c(C)c(CCCN)c2cc(C(C)C)cc(C(=O)O)c21. The summed E-state index contributed by atoms with van der Waals surface area (Å²) in [5.41, 5.74) is 10.6. The van der Waals surface area contributed by atoms with E-state index in [0.717, 1.165) is 48.7 Å². The predicted molar refractivity (Wildman–Crippen MR) is 100 cm³/mol. The number of carbonyl (C=O) groups is 1. The van der Waals surface area contributed by atoms with Gasteiger partial charge in [-0.1, -0.05) is 27.2 Å². The molecule has 0 atom stereocenters. The second-order valence-electron chi connectivity index (χ2n) is 6.89. The van der Waals surface area contributed by atoms with Gasteiger partial charge in [0.25, 0.3) is 0 Å². The molecule has 0 fully saturated rings. The lowest BCUT2D eigenvalue weighted by Gasteiger charge is -2.12. The lowest BCUT2D eigenvalue weighted by atomic mass is 9.95. The van der Waals surface area contributed by atoms with Gasteiger partial charge in [-0.3, -0.25) is 0 Å². The highest BCUT2D eigenvalue weighted by atomic mass is 16.4. The summed E-state index contributed by atoms with van der Waals surface area (Å²) < 4.78 is 2.21. The van der Waals surface area contributed by atoms with Crippen LogP contribution in [-0.2, 0) is 13.0 Å². The fourth-order valence-corrected chi connectivity index (χ4v) is 3.39. The predicted octanol–water partition coefficient (Wildman–Crippen LogP) is 4.46. The number of benzene rings is 1. The van der Waals surface area contributed by atoms with Crippen molar-refractivity contribution < 1.29 is 9.90 Å². The number of nitrogens with two attached hydrogens (primary N) is 1. The van der Waals surface area contributed by atoms with Crippen LogP contribution >= 0.6 is 0 Å². The van der Waals surface area contributed by atoms with Crippen LogP contribution in [0.2, 0.25) is 0 Å². The molecule has 3 N–H and O–H groups in total. The van der Waals surface area contributed by atoms with E-state index in [0.29, 0.717) is 18.0 Å². The summed E-state index contributed by atoms with van der Waals surface area (Å²) in [4.78, 5) is 11.9. The summed E-state index contributed by atoms with van der Waals surface area (Å²) in [6.07, 6.45) is 3.95. The Morgan fingerprint density at radius 1 is 1.29 bits per heavy atom. The first kappa shape index (κ1) is 18.5. The topological polar surface area (TPSA) is 68.2 Å². The number of aromatic nitrogens is 1. The van der Waals surface area contributed by atoms with Crippen molar-refractivity contribution in [1.82, 2.24) is 4.57 Å². The number of unbranched alkanes of at least 4 members (excludes halogenated alkanes) is 1. The van der Waals surface area contributed by atoms with E-state index < -0.39 is 5.97 Å². The molecule has 0 saturated carbocycles. The van der Waals surface area contributed by atoms with Gasteiger partial charge in [-0.2, -0.15) is 0 Å². The van der Waals surface area contributed by atoms with Crippen LogP contribution in [0.3, 0.4) is 0 Å². The molecule has 4 heteroatoms. The van der Waals surface area contributed by atoms with E-state index in [4.69, 9.17) is 5.73 Å². The zero-order valence-corrected chi connectivity index (χ0v) is 15.4. The fraction of sp³-hybridized carbons (Fsp3) is 0.550. The summed E-state index contributed by atoms with van der Waals surface area (Å²) in [7, 11) is 0. The van der Waals surface area contributed by atoms with E-state index in [-0.39, 0.29) is 0 Å². The normalized spacial score (nSPS) is 11.6. The number of aryl methyl sites for hydroxylation is 2. The van der Waals surface area contributed by atoms with Gasteiger partial charge in [-0.15, -0.1) is 0 Å². The second kappa shape index (κ2) is 7.84. The van der Waals surface area contributed by atoms with Crippen molar-refractivity contribution in [2.45, 2.75) is 65.8 Å². The molecule has 0 aliphatic rings. The largest absolute Gasteiger partial charge is 0.478 e. The molecule has 0 unspecified atom stereocenters. The van der Waals surface area contributed by atoms with Crippen LogP contribution < -0.4 is 5.73 Å². The molecule has 24 heavy (non-hydrogen) atoms. The second-order valence-corrected chi connectivity index (χ2v) is 6.89. The van der Waals surface area contributed by atoms with E-state index in [1.165, 1.54) is 11.3 Å². The van der Waals surface area contributed by atoms with Gasteiger partial charge in [-0.25, -0.2) is 4.79 Å². The minimum atomic E-state index is -0.844. The van der Waals surface area contributed by atoms with E-state index in [2.05, 4.69) is 38.3 Å². The number of hydrogen-bond acceptors (Lipinski definition) is 2. The average molecular weight is 330 g/mol. The van der Waals surface area contributed by atoms with Crippen LogP contribution in [0.5, 0.6) is 0 Å².